The van der Waals surface area contributed by atoms with Crippen molar-refractivity contribution in [1.29, 1.82) is 0 Å². The first-order valence-electron chi connectivity index (χ1n) is 9.93. The van der Waals surface area contributed by atoms with Crippen LogP contribution >= 0.6 is 0 Å². The van der Waals surface area contributed by atoms with E-state index in [9.17, 15) is 18.4 Å². The van der Waals surface area contributed by atoms with E-state index in [0.29, 0.717) is 11.4 Å². The van der Waals surface area contributed by atoms with Crippen molar-refractivity contribution >= 4 is 17.6 Å². The highest BCUT2D eigenvalue weighted by Crippen LogP contribution is 2.53. The summed E-state index contributed by atoms with van der Waals surface area (Å²) in [7, 11) is 1.62. The topological polar surface area (TPSA) is 80.1 Å². The van der Waals surface area contributed by atoms with Gasteiger partial charge in [0.25, 0.3) is 11.8 Å². The molecule has 7 nitrogen and oxygen atoms in total. The molecule has 31 heavy (non-hydrogen) atoms. The molecular formula is C22H19F2N5O2. The van der Waals surface area contributed by atoms with Crippen LogP contribution in [0.3, 0.4) is 0 Å². The molecule has 0 saturated heterocycles. The third-order valence-electron chi connectivity index (χ3n) is 5.88. The van der Waals surface area contributed by atoms with Crippen LogP contribution in [-0.2, 0) is 11.3 Å². The van der Waals surface area contributed by atoms with Crippen molar-refractivity contribution in [3.05, 3.63) is 77.2 Å². The summed E-state index contributed by atoms with van der Waals surface area (Å²) in [5.41, 5.74) is 1.31. The zero-order valence-corrected chi connectivity index (χ0v) is 16.6. The minimum atomic E-state index is -0.786. The fourth-order valence-corrected chi connectivity index (χ4v) is 4.20. The molecule has 2 aliphatic rings. The largest absolute Gasteiger partial charge is 0.338 e. The maximum absolute atomic E-state index is 14.4. The zero-order valence-electron chi connectivity index (χ0n) is 16.6. The Morgan fingerprint density at radius 3 is 2.77 bits per heavy atom. The lowest BCUT2D eigenvalue weighted by Crippen LogP contribution is -2.48. The van der Waals surface area contributed by atoms with Crippen LogP contribution in [0.25, 0.3) is 0 Å². The molecule has 5 rings (SSSR count). The number of rotatable bonds is 4. The number of nitrogens with zero attached hydrogens (tertiary/aromatic N) is 4. The van der Waals surface area contributed by atoms with E-state index < -0.39 is 17.8 Å². The Balaban J connectivity index is 1.34. The van der Waals surface area contributed by atoms with Gasteiger partial charge in [0.2, 0.25) is 0 Å². The summed E-state index contributed by atoms with van der Waals surface area (Å²) in [6.45, 7) is 0.182. The van der Waals surface area contributed by atoms with E-state index in [1.165, 1.54) is 21.7 Å². The minimum absolute atomic E-state index is 0.0614. The molecule has 0 radical (unpaired) electrons. The van der Waals surface area contributed by atoms with Gasteiger partial charge in [0, 0.05) is 13.2 Å². The molecule has 3 heterocycles. The second-order valence-corrected chi connectivity index (χ2v) is 7.92. The van der Waals surface area contributed by atoms with Gasteiger partial charge < -0.3 is 5.32 Å². The van der Waals surface area contributed by atoms with Gasteiger partial charge in [-0.3, -0.25) is 19.2 Å². The Labute approximate surface area is 176 Å². The van der Waals surface area contributed by atoms with Gasteiger partial charge in [-0.1, -0.05) is 18.2 Å². The number of hydrogen-bond donors (Lipinski definition) is 1. The smallest absolute Gasteiger partial charge is 0.275 e. The van der Waals surface area contributed by atoms with E-state index in [1.54, 1.807) is 25.4 Å². The summed E-state index contributed by atoms with van der Waals surface area (Å²) in [6.07, 6.45) is 3.49. The van der Waals surface area contributed by atoms with E-state index in [0.717, 1.165) is 18.2 Å². The average molecular weight is 423 g/mol. The second kappa shape index (κ2) is 7.26. The Morgan fingerprint density at radius 1 is 1.23 bits per heavy atom. The number of anilines is 1. The van der Waals surface area contributed by atoms with Crippen molar-refractivity contribution in [3.8, 4) is 0 Å². The average Bonchev–Trinajstić information content (AvgIpc) is 3.48. The number of pyridine rings is 1. The molecule has 0 bridgehead atoms. The number of carbonyl (C=O) groups is 2. The van der Waals surface area contributed by atoms with Crippen molar-refractivity contribution in [2.75, 3.05) is 11.9 Å². The van der Waals surface area contributed by atoms with Crippen molar-refractivity contribution in [3.63, 3.8) is 0 Å². The monoisotopic (exact) mass is 423 g/mol. The van der Waals surface area contributed by atoms with Gasteiger partial charge in [-0.2, -0.15) is 5.10 Å². The molecule has 3 atom stereocenters. The standard InChI is InChI=1S/C22H19F2N5O2/c1-28-20-14(3-2-8-25-20)15-9-16(15)18(22(28)31)26-21(30)19-17(24)11-29(27-19)10-12-4-6-13(23)7-5-12/h2-8,11,15-16,18H,9-10H2,1H3,(H,26,30)/t15?,16?,18-/m0/s1. The molecule has 2 amide bonds. The van der Waals surface area contributed by atoms with Crippen molar-refractivity contribution < 1.29 is 18.4 Å². The first-order valence-corrected chi connectivity index (χ1v) is 9.93. The third kappa shape index (κ3) is 3.45. The predicted octanol–water partition coefficient (Wildman–Crippen LogP) is 2.48. The van der Waals surface area contributed by atoms with Gasteiger partial charge in [-0.25, -0.2) is 13.8 Å². The molecule has 1 fully saturated rings. The summed E-state index contributed by atoms with van der Waals surface area (Å²) in [6, 6.07) is 8.72. The van der Waals surface area contributed by atoms with E-state index in [2.05, 4.69) is 15.4 Å². The molecule has 158 valence electrons. The highest BCUT2D eigenvalue weighted by atomic mass is 19.1. The normalized spacial score (nSPS) is 21.8. The molecule has 1 aliphatic heterocycles. The Morgan fingerprint density at radius 2 is 2.00 bits per heavy atom. The number of aromatic nitrogens is 3. The molecule has 1 N–H and O–H groups in total. The van der Waals surface area contributed by atoms with Crippen LogP contribution in [0.4, 0.5) is 14.6 Å². The van der Waals surface area contributed by atoms with Gasteiger partial charge >= 0.3 is 0 Å². The number of likely N-dealkylation sites (N-methyl/N-ethyl adjacent to an activating group) is 1. The number of benzene rings is 1. The van der Waals surface area contributed by atoms with Crippen LogP contribution in [0.2, 0.25) is 0 Å². The summed E-state index contributed by atoms with van der Waals surface area (Å²) in [5, 5.41) is 6.72. The molecule has 2 unspecified atom stereocenters. The molecular weight excluding hydrogens is 404 g/mol. The Kier molecular flexibility index (Phi) is 4.53. The quantitative estimate of drug-likeness (QED) is 0.699. The third-order valence-corrected chi connectivity index (χ3v) is 5.88. The van der Waals surface area contributed by atoms with Gasteiger partial charge in [0.15, 0.2) is 11.5 Å². The maximum atomic E-state index is 14.4. The van der Waals surface area contributed by atoms with Gasteiger partial charge in [-0.15, -0.1) is 0 Å². The number of carbonyl (C=O) groups excluding carboxylic acids is 2. The van der Waals surface area contributed by atoms with Crippen LogP contribution in [-0.4, -0.2) is 39.7 Å². The lowest BCUT2D eigenvalue weighted by Gasteiger charge is -2.22. The number of hydrogen-bond acceptors (Lipinski definition) is 4. The number of halogens is 2. The van der Waals surface area contributed by atoms with E-state index in [4.69, 9.17) is 0 Å². The van der Waals surface area contributed by atoms with Gasteiger partial charge in [0.05, 0.1) is 12.7 Å². The number of nitrogens with one attached hydrogen (secondary N) is 1. The van der Waals surface area contributed by atoms with Crippen molar-refractivity contribution in [2.45, 2.75) is 24.9 Å². The fourth-order valence-electron chi connectivity index (χ4n) is 4.20. The fraction of sp³-hybridized carbons (Fsp3) is 0.273. The molecule has 1 aromatic carbocycles. The summed E-state index contributed by atoms with van der Waals surface area (Å²) < 4.78 is 28.8. The second-order valence-electron chi connectivity index (χ2n) is 7.92. The molecule has 2 aromatic heterocycles. The highest BCUT2D eigenvalue weighted by Gasteiger charge is 2.52. The Hall–Kier alpha value is -3.62. The first kappa shape index (κ1) is 19.3. The molecule has 0 spiro atoms. The van der Waals surface area contributed by atoms with Crippen LogP contribution in [0.5, 0.6) is 0 Å². The van der Waals surface area contributed by atoms with Crippen LogP contribution in [0, 0.1) is 17.6 Å². The van der Waals surface area contributed by atoms with E-state index in [1.807, 2.05) is 12.1 Å². The zero-order chi connectivity index (χ0) is 21.7. The highest BCUT2D eigenvalue weighted by molar-refractivity contribution is 6.02. The molecule has 1 saturated carbocycles. The number of amides is 2. The summed E-state index contributed by atoms with van der Waals surface area (Å²) >= 11 is 0. The van der Waals surface area contributed by atoms with Crippen molar-refractivity contribution in [2.24, 2.45) is 5.92 Å². The molecule has 9 heteroatoms. The van der Waals surface area contributed by atoms with Crippen molar-refractivity contribution in [1.82, 2.24) is 20.1 Å². The first-order chi connectivity index (χ1) is 14.9. The van der Waals surface area contributed by atoms with Gasteiger partial charge in [0.1, 0.15) is 17.7 Å². The summed E-state index contributed by atoms with van der Waals surface area (Å²) in [5.74, 6) is -1.53. The van der Waals surface area contributed by atoms with Gasteiger partial charge in [-0.05, 0) is 47.6 Å². The minimum Gasteiger partial charge on any atom is -0.338 e. The molecule has 3 aromatic rings. The Bertz CT molecular complexity index is 1180. The predicted molar refractivity (Wildman–Crippen MR) is 107 cm³/mol. The lowest BCUT2D eigenvalue weighted by atomic mass is 10.1. The SMILES string of the molecule is CN1C(=O)[C@@H](NC(=O)c2nn(Cc3ccc(F)cc3)cc2F)C2CC2c2cccnc21. The lowest BCUT2D eigenvalue weighted by molar-refractivity contribution is -0.120. The van der Waals surface area contributed by atoms with Crippen LogP contribution in [0.15, 0.2) is 48.8 Å². The summed E-state index contributed by atoms with van der Waals surface area (Å²) in [4.78, 5) is 31.5. The van der Waals surface area contributed by atoms with E-state index >= 15 is 0 Å². The van der Waals surface area contributed by atoms with E-state index in [-0.39, 0.29) is 35.8 Å². The number of fused-ring (bicyclic) bond motifs is 3. The molecule has 1 aliphatic carbocycles. The van der Waals surface area contributed by atoms with Crippen LogP contribution < -0.4 is 10.2 Å². The maximum Gasteiger partial charge on any atom is 0.275 e. The van der Waals surface area contributed by atoms with Crippen LogP contribution in [0.1, 0.15) is 34.0 Å².